The molecule has 0 aliphatic heterocycles. The van der Waals surface area contributed by atoms with Crippen LogP contribution < -0.4 is 4.74 Å². The molecule has 3 nitrogen and oxygen atoms in total. The van der Waals surface area contributed by atoms with Gasteiger partial charge >= 0.3 is 0 Å². The number of aromatic nitrogens is 1. The molecular weight excluding hydrogens is 280 g/mol. The van der Waals surface area contributed by atoms with Gasteiger partial charge in [0, 0.05) is 6.07 Å². The average Bonchev–Trinajstić information content (AvgIpc) is 2.37. The second-order valence-corrected chi connectivity index (χ2v) is 4.21. The molecule has 0 fully saturated rings. The van der Waals surface area contributed by atoms with Crippen molar-refractivity contribution in [2.24, 2.45) is 0 Å². The second-order valence-electron chi connectivity index (χ2n) is 3.40. The van der Waals surface area contributed by atoms with Gasteiger partial charge in [0.25, 0.3) is 0 Å². The van der Waals surface area contributed by atoms with Gasteiger partial charge in [0.2, 0.25) is 5.88 Å². The molecule has 0 radical (unpaired) electrons. The molecule has 0 amide bonds. The van der Waals surface area contributed by atoms with E-state index >= 15 is 0 Å². The van der Waals surface area contributed by atoms with Crippen LogP contribution in [-0.4, -0.2) is 4.98 Å². The van der Waals surface area contributed by atoms with Crippen molar-refractivity contribution in [1.82, 2.24) is 4.98 Å². The Bertz CT molecular complexity index is 546. The molecule has 0 spiro atoms. The average molecular weight is 289 g/mol. The fraction of sp³-hybridized carbons (Fsp3) is 0.0769. The summed E-state index contributed by atoms with van der Waals surface area (Å²) in [7, 11) is 0. The minimum Gasteiger partial charge on any atom is -0.473 e. The fourth-order valence-electron chi connectivity index (χ4n) is 1.30. The molecule has 1 aromatic carbocycles. The van der Waals surface area contributed by atoms with Crippen LogP contribution in [-0.2, 0) is 6.61 Å². The van der Waals surface area contributed by atoms with Gasteiger partial charge in [-0.25, -0.2) is 4.98 Å². The highest BCUT2D eigenvalue weighted by Gasteiger charge is 1.98. The summed E-state index contributed by atoms with van der Waals surface area (Å²) in [6.45, 7) is 0.440. The first-order chi connectivity index (χ1) is 8.28. The van der Waals surface area contributed by atoms with E-state index in [1.165, 1.54) is 0 Å². The molecule has 2 aromatic rings. The van der Waals surface area contributed by atoms with Crippen LogP contribution >= 0.6 is 15.9 Å². The predicted octanol–water partition coefficient (Wildman–Crippen LogP) is 3.29. The summed E-state index contributed by atoms with van der Waals surface area (Å²) in [5.74, 6) is 0.573. The Morgan fingerprint density at radius 1 is 1.18 bits per heavy atom. The summed E-state index contributed by atoms with van der Waals surface area (Å²) >= 11 is 3.28. The van der Waals surface area contributed by atoms with E-state index < -0.39 is 0 Å². The van der Waals surface area contributed by atoms with Crippen LogP contribution in [0.3, 0.4) is 0 Å². The Morgan fingerprint density at radius 3 is 2.59 bits per heavy atom. The van der Waals surface area contributed by atoms with Crippen LogP contribution in [0.1, 0.15) is 11.1 Å². The molecule has 2 rings (SSSR count). The van der Waals surface area contributed by atoms with Crippen molar-refractivity contribution >= 4 is 15.9 Å². The third-order valence-electron chi connectivity index (χ3n) is 2.16. The highest BCUT2D eigenvalue weighted by Crippen LogP contribution is 2.14. The van der Waals surface area contributed by atoms with Crippen molar-refractivity contribution in [2.75, 3.05) is 0 Å². The molecule has 0 saturated heterocycles. The molecule has 1 heterocycles. The largest absolute Gasteiger partial charge is 0.473 e. The zero-order valence-electron chi connectivity index (χ0n) is 8.93. The van der Waals surface area contributed by atoms with Crippen molar-refractivity contribution in [2.45, 2.75) is 6.61 Å². The molecule has 0 atom stereocenters. The number of hydrogen-bond acceptors (Lipinski definition) is 3. The van der Waals surface area contributed by atoms with Gasteiger partial charge in [0.15, 0.2) is 0 Å². The van der Waals surface area contributed by atoms with Gasteiger partial charge in [-0.15, -0.1) is 0 Å². The maximum atomic E-state index is 8.67. The van der Waals surface area contributed by atoms with E-state index in [0.717, 1.165) is 10.2 Å². The number of hydrogen-bond donors (Lipinski definition) is 0. The Labute approximate surface area is 108 Å². The molecule has 0 saturated carbocycles. The molecule has 0 aliphatic carbocycles. The zero-order chi connectivity index (χ0) is 12.1. The Hall–Kier alpha value is -1.86. The standard InChI is InChI=1S/C13H9BrN2O/c14-12-2-1-3-13(16-12)17-9-11-6-4-10(8-15)5-7-11/h1-7H,9H2. The number of pyridine rings is 1. The van der Waals surface area contributed by atoms with Gasteiger partial charge in [0.05, 0.1) is 11.6 Å². The lowest BCUT2D eigenvalue weighted by atomic mass is 10.2. The molecule has 84 valence electrons. The summed E-state index contributed by atoms with van der Waals surface area (Å²) in [5.41, 5.74) is 1.65. The van der Waals surface area contributed by atoms with Crippen LogP contribution in [0.2, 0.25) is 0 Å². The topological polar surface area (TPSA) is 45.9 Å². The van der Waals surface area contributed by atoms with Gasteiger partial charge in [-0.2, -0.15) is 5.26 Å². The number of rotatable bonds is 3. The molecule has 0 aliphatic rings. The lowest BCUT2D eigenvalue weighted by molar-refractivity contribution is 0.293. The first-order valence-corrected chi connectivity index (χ1v) is 5.81. The molecule has 0 bridgehead atoms. The van der Waals surface area contributed by atoms with Crippen LogP contribution in [0.4, 0.5) is 0 Å². The predicted molar refractivity (Wildman–Crippen MR) is 67.4 cm³/mol. The van der Waals surface area contributed by atoms with Gasteiger partial charge < -0.3 is 4.74 Å². The molecular formula is C13H9BrN2O. The van der Waals surface area contributed by atoms with Crippen molar-refractivity contribution in [3.05, 3.63) is 58.2 Å². The Balaban J connectivity index is 2.00. The SMILES string of the molecule is N#Cc1ccc(COc2cccc(Br)n2)cc1. The van der Waals surface area contributed by atoms with Crippen LogP contribution in [0.25, 0.3) is 0 Å². The highest BCUT2D eigenvalue weighted by atomic mass is 79.9. The second kappa shape index (κ2) is 5.46. The van der Waals surface area contributed by atoms with E-state index in [4.69, 9.17) is 10.00 Å². The van der Waals surface area contributed by atoms with Crippen LogP contribution in [0, 0.1) is 11.3 Å². The molecule has 17 heavy (non-hydrogen) atoms. The summed E-state index contributed by atoms with van der Waals surface area (Å²) < 4.78 is 6.27. The summed E-state index contributed by atoms with van der Waals surface area (Å²) in [5, 5.41) is 8.67. The number of benzene rings is 1. The Morgan fingerprint density at radius 2 is 1.94 bits per heavy atom. The summed E-state index contributed by atoms with van der Waals surface area (Å²) in [4.78, 5) is 4.16. The van der Waals surface area contributed by atoms with Crippen LogP contribution in [0.15, 0.2) is 47.1 Å². The van der Waals surface area contributed by atoms with Crippen molar-refractivity contribution in [3.8, 4) is 11.9 Å². The maximum absolute atomic E-state index is 8.67. The van der Waals surface area contributed by atoms with Gasteiger partial charge in [-0.05, 0) is 39.7 Å². The van der Waals surface area contributed by atoms with Crippen LogP contribution in [0.5, 0.6) is 5.88 Å². The van der Waals surface area contributed by atoms with Crippen molar-refractivity contribution in [1.29, 1.82) is 5.26 Å². The molecule has 1 aromatic heterocycles. The number of nitriles is 1. The molecule has 0 unspecified atom stereocenters. The van der Waals surface area contributed by atoms with Crippen molar-refractivity contribution in [3.63, 3.8) is 0 Å². The monoisotopic (exact) mass is 288 g/mol. The third-order valence-corrected chi connectivity index (χ3v) is 2.60. The fourth-order valence-corrected chi connectivity index (χ4v) is 1.63. The van der Waals surface area contributed by atoms with Crippen molar-refractivity contribution < 1.29 is 4.74 Å². The van der Waals surface area contributed by atoms with E-state index in [0.29, 0.717) is 18.1 Å². The summed E-state index contributed by atoms with van der Waals surface area (Å²) in [6, 6.07) is 14.9. The maximum Gasteiger partial charge on any atom is 0.214 e. The lowest BCUT2D eigenvalue weighted by Crippen LogP contribution is -1.97. The quantitative estimate of drug-likeness (QED) is 0.814. The number of halogens is 1. The summed E-state index contributed by atoms with van der Waals surface area (Å²) in [6.07, 6.45) is 0. The van der Waals surface area contributed by atoms with E-state index in [-0.39, 0.29) is 0 Å². The van der Waals surface area contributed by atoms with Gasteiger partial charge in [-0.3, -0.25) is 0 Å². The smallest absolute Gasteiger partial charge is 0.214 e. The van der Waals surface area contributed by atoms with Gasteiger partial charge in [-0.1, -0.05) is 18.2 Å². The minimum absolute atomic E-state index is 0.440. The van der Waals surface area contributed by atoms with E-state index in [2.05, 4.69) is 27.0 Å². The lowest BCUT2D eigenvalue weighted by Gasteiger charge is -2.05. The zero-order valence-corrected chi connectivity index (χ0v) is 10.5. The Kier molecular flexibility index (Phi) is 3.73. The minimum atomic E-state index is 0.440. The highest BCUT2D eigenvalue weighted by molar-refractivity contribution is 9.10. The first kappa shape index (κ1) is 11.6. The van der Waals surface area contributed by atoms with E-state index in [1.54, 1.807) is 18.2 Å². The van der Waals surface area contributed by atoms with E-state index in [9.17, 15) is 0 Å². The number of nitrogens with zero attached hydrogens (tertiary/aromatic N) is 2. The number of ether oxygens (including phenoxy) is 1. The van der Waals surface area contributed by atoms with E-state index in [1.807, 2.05) is 24.3 Å². The first-order valence-electron chi connectivity index (χ1n) is 5.02. The van der Waals surface area contributed by atoms with Gasteiger partial charge in [0.1, 0.15) is 11.2 Å². The third kappa shape index (κ3) is 3.30. The normalized spacial score (nSPS) is 9.65. The molecule has 4 heteroatoms. The molecule has 0 N–H and O–H groups in total.